The summed E-state index contributed by atoms with van der Waals surface area (Å²) in [5.41, 5.74) is 6.44. The molecule has 0 radical (unpaired) electrons. The van der Waals surface area contributed by atoms with Crippen molar-refractivity contribution in [2.75, 3.05) is 20.3 Å². The molecule has 0 saturated heterocycles. The Balaban J connectivity index is 2.01. The fourth-order valence-corrected chi connectivity index (χ4v) is 3.72. The summed E-state index contributed by atoms with van der Waals surface area (Å²) in [5, 5.41) is 0. The molecule has 2 rings (SSSR count). The van der Waals surface area contributed by atoms with E-state index < -0.39 is 0 Å². The first-order valence-electron chi connectivity index (χ1n) is 8.17. The number of hydrogen-bond acceptors (Lipinski definition) is 3. The first-order valence-corrected chi connectivity index (χ1v) is 8.17. The number of rotatable bonds is 7. The molecule has 4 atom stereocenters. The van der Waals surface area contributed by atoms with E-state index in [0.29, 0.717) is 18.1 Å². The van der Waals surface area contributed by atoms with Crippen LogP contribution in [0.2, 0.25) is 0 Å². The van der Waals surface area contributed by atoms with Crippen molar-refractivity contribution in [3.63, 3.8) is 0 Å². The zero-order chi connectivity index (χ0) is 13.8. The van der Waals surface area contributed by atoms with E-state index in [1.807, 2.05) is 0 Å². The molecule has 0 spiro atoms. The fourth-order valence-electron chi connectivity index (χ4n) is 3.72. The molecule has 2 aliphatic carbocycles. The zero-order valence-electron chi connectivity index (χ0n) is 13.0. The van der Waals surface area contributed by atoms with Crippen LogP contribution >= 0.6 is 0 Å². The summed E-state index contributed by atoms with van der Waals surface area (Å²) >= 11 is 0. The monoisotopic (exact) mass is 268 g/mol. The average Bonchev–Trinajstić information content (AvgIpc) is 3.25. The maximum Gasteiger partial charge on any atom is 0.0589 e. The van der Waals surface area contributed by atoms with Gasteiger partial charge in [0, 0.05) is 31.8 Å². The quantitative estimate of drug-likeness (QED) is 0.771. The van der Waals surface area contributed by atoms with Gasteiger partial charge in [-0.3, -0.25) is 4.90 Å². The van der Waals surface area contributed by atoms with Crippen LogP contribution in [-0.2, 0) is 4.74 Å². The molecule has 0 aromatic carbocycles. The predicted octanol–water partition coefficient (Wildman–Crippen LogP) is 2.64. The Bertz CT molecular complexity index is 267. The van der Waals surface area contributed by atoms with E-state index in [1.54, 1.807) is 7.11 Å². The van der Waals surface area contributed by atoms with Gasteiger partial charge >= 0.3 is 0 Å². The Labute approximate surface area is 118 Å². The van der Waals surface area contributed by atoms with Gasteiger partial charge in [0.05, 0.1) is 6.61 Å². The second-order valence-electron chi connectivity index (χ2n) is 6.63. The highest BCUT2D eigenvalue weighted by Crippen LogP contribution is 2.38. The Hall–Kier alpha value is -0.120. The molecule has 0 aliphatic heterocycles. The minimum atomic E-state index is 0.362. The van der Waals surface area contributed by atoms with Crippen LogP contribution in [0.15, 0.2) is 0 Å². The van der Waals surface area contributed by atoms with E-state index in [4.69, 9.17) is 10.5 Å². The number of nitrogens with zero attached hydrogens (tertiary/aromatic N) is 1. The van der Waals surface area contributed by atoms with Crippen molar-refractivity contribution < 1.29 is 4.74 Å². The maximum atomic E-state index is 6.44. The Morgan fingerprint density at radius 3 is 2.58 bits per heavy atom. The molecule has 19 heavy (non-hydrogen) atoms. The lowest BCUT2D eigenvalue weighted by molar-refractivity contribution is 0.0424. The lowest BCUT2D eigenvalue weighted by Gasteiger charge is -2.44. The van der Waals surface area contributed by atoms with Crippen LogP contribution in [0.25, 0.3) is 0 Å². The first kappa shape index (κ1) is 15.3. The number of methoxy groups -OCH3 is 1. The Kier molecular flexibility index (Phi) is 5.67. The molecule has 3 nitrogen and oxygen atoms in total. The second kappa shape index (κ2) is 7.05. The van der Waals surface area contributed by atoms with Crippen molar-refractivity contribution in [2.45, 2.75) is 70.5 Å². The van der Waals surface area contributed by atoms with Crippen molar-refractivity contribution >= 4 is 0 Å². The molecule has 0 heterocycles. The summed E-state index contributed by atoms with van der Waals surface area (Å²) in [6.07, 6.45) is 7.93. The fraction of sp³-hybridized carbons (Fsp3) is 1.00. The second-order valence-corrected chi connectivity index (χ2v) is 6.63. The zero-order valence-corrected chi connectivity index (χ0v) is 13.0. The van der Waals surface area contributed by atoms with E-state index >= 15 is 0 Å². The predicted molar refractivity (Wildman–Crippen MR) is 80.2 cm³/mol. The summed E-state index contributed by atoms with van der Waals surface area (Å²) in [4.78, 5) is 2.67. The molecule has 112 valence electrons. The molecule has 2 N–H and O–H groups in total. The van der Waals surface area contributed by atoms with E-state index in [2.05, 4.69) is 18.7 Å². The van der Waals surface area contributed by atoms with Gasteiger partial charge in [0.25, 0.3) is 0 Å². The summed E-state index contributed by atoms with van der Waals surface area (Å²) in [7, 11) is 1.80. The van der Waals surface area contributed by atoms with Gasteiger partial charge in [-0.15, -0.1) is 0 Å². The SMILES string of the molecule is CCC1CCC(N)C(N(CCOC)C(C)C2CC2)C1. The van der Waals surface area contributed by atoms with Crippen molar-refractivity contribution in [3.05, 3.63) is 0 Å². The van der Waals surface area contributed by atoms with Crippen molar-refractivity contribution in [1.82, 2.24) is 4.90 Å². The van der Waals surface area contributed by atoms with Crippen LogP contribution in [0, 0.1) is 11.8 Å². The van der Waals surface area contributed by atoms with Crippen LogP contribution in [0.1, 0.15) is 52.4 Å². The van der Waals surface area contributed by atoms with Gasteiger partial charge in [0.15, 0.2) is 0 Å². The van der Waals surface area contributed by atoms with Gasteiger partial charge in [0.2, 0.25) is 0 Å². The van der Waals surface area contributed by atoms with E-state index in [0.717, 1.165) is 25.0 Å². The third kappa shape index (κ3) is 3.93. The van der Waals surface area contributed by atoms with Crippen LogP contribution in [-0.4, -0.2) is 43.3 Å². The number of hydrogen-bond donors (Lipinski definition) is 1. The smallest absolute Gasteiger partial charge is 0.0589 e. The van der Waals surface area contributed by atoms with Crippen molar-refractivity contribution in [3.8, 4) is 0 Å². The number of ether oxygens (including phenoxy) is 1. The van der Waals surface area contributed by atoms with E-state index in [-0.39, 0.29) is 0 Å². The summed E-state index contributed by atoms with van der Waals surface area (Å²) in [6, 6.07) is 1.62. The highest BCUT2D eigenvalue weighted by atomic mass is 16.5. The Morgan fingerprint density at radius 1 is 1.26 bits per heavy atom. The van der Waals surface area contributed by atoms with Crippen LogP contribution in [0.4, 0.5) is 0 Å². The van der Waals surface area contributed by atoms with Gasteiger partial charge in [-0.25, -0.2) is 0 Å². The molecule has 0 aromatic heterocycles. The number of nitrogens with two attached hydrogens (primary N) is 1. The van der Waals surface area contributed by atoms with Crippen molar-refractivity contribution in [2.24, 2.45) is 17.6 Å². The topological polar surface area (TPSA) is 38.5 Å². The highest BCUT2D eigenvalue weighted by Gasteiger charge is 2.38. The molecule has 0 amide bonds. The first-order chi connectivity index (χ1) is 9.17. The van der Waals surface area contributed by atoms with Crippen molar-refractivity contribution in [1.29, 1.82) is 0 Å². The molecule has 2 aliphatic rings. The normalized spacial score (nSPS) is 33.6. The highest BCUT2D eigenvalue weighted by molar-refractivity contribution is 4.94. The molecule has 3 heteroatoms. The molecular weight excluding hydrogens is 236 g/mol. The van der Waals surface area contributed by atoms with E-state index in [1.165, 1.54) is 38.5 Å². The molecule has 0 bridgehead atoms. The molecule has 2 fully saturated rings. The van der Waals surface area contributed by atoms with Crippen LogP contribution in [0.3, 0.4) is 0 Å². The molecule has 2 saturated carbocycles. The molecule has 0 aromatic rings. The van der Waals surface area contributed by atoms with Gasteiger partial charge in [-0.2, -0.15) is 0 Å². The average molecular weight is 268 g/mol. The largest absolute Gasteiger partial charge is 0.383 e. The standard InChI is InChI=1S/C16H32N2O/c1-4-13-5-8-15(17)16(11-13)18(9-10-19-3)12(2)14-6-7-14/h12-16H,4-11,17H2,1-3H3. The van der Waals surface area contributed by atoms with Gasteiger partial charge in [-0.1, -0.05) is 13.3 Å². The molecule has 4 unspecified atom stereocenters. The van der Waals surface area contributed by atoms with Gasteiger partial charge in [-0.05, 0) is 50.9 Å². The minimum Gasteiger partial charge on any atom is -0.383 e. The lowest BCUT2D eigenvalue weighted by atomic mass is 9.80. The van der Waals surface area contributed by atoms with Crippen LogP contribution < -0.4 is 5.73 Å². The summed E-state index contributed by atoms with van der Waals surface area (Å²) in [5.74, 6) is 1.78. The minimum absolute atomic E-state index is 0.362. The van der Waals surface area contributed by atoms with E-state index in [9.17, 15) is 0 Å². The summed E-state index contributed by atoms with van der Waals surface area (Å²) < 4.78 is 5.32. The van der Waals surface area contributed by atoms with Gasteiger partial charge in [0.1, 0.15) is 0 Å². The lowest BCUT2D eigenvalue weighted by Crippen LogP contribution is -2.55. The maximum absolute atomic E-state index is 6.44. The van der Waals surface area contributed by atoms with Gasteiger partial charge < -0.3 is 10.5 Å². The third-order valence-corrected chi connectivity index (χ3v) is 5.36. The third-order valence-electron chi connectivity index (χ3n) is 5.36. The van der Waals surface area contributed by atoms with Crippen LogP contribution in [0.5, 0.6) is 0 Å². The molecular formula is C16H32N2O. The Morgan fingerprint density at radius 2 is 2.00 bits per heavy atom. The summed E-state index contributed by atoms with van der Waals surface area (Å²) in [6.45, 7) is 6.60.